The van der Waals surface area contributed by atoms with Gasteiger partial charge in [-0.3, -0.25) is 0 Å². The minimum atomic E-state index is -0.427. The van der Waals surface area contributed by atoms with Crippen LogP contribution in [0.3, 0.4) is 0 Å². The molecule has 0 aromatic carbocycles. The topological polar surface area (TPSA) is 50.1 Å². The first-order valence-electron chi connectivity index (χ1n) is 5.89. The van der Waals surface area contributed by atoms with Crippen molar-refractivity contribution in [3.05, 3.63) is 12.2 Å². The summed E-state index contributed by atoms with van der Waals surface area (Å²) < 4.78 is 4.89. The van der Waals surface area contributed by atoms with Gasteiger partial charge in [-0.1, -0.05) is 39.5 Å². The highest BCUT2D eigenvalue weighted by Gasteiger charge is 1.97. The van der Waals surface area contributed by atoms with Crippen molar-refractivity contribution in [1.82, 2.24) is 0 Å². The summed E-state index contributed by atoms with van der Waals surface area (Å²) in [6.07, 6.45) is 8.00. The Morgan fingerprint density at radius 1 is 1.31 bits per heavy atom. The Morgan fingerprint density at radius 3 is 2.62 bits per heavy atom. The quantitative estimate of drug-likeness (QED) is 0.275. The maximum Gasteiger partial charge on any atom is 0.331 e. The summed E-state index contributed by atoms with van der Waals surface area (Å²) in [6, 6.07) is 1.75. The van der Waals surface area contributed by atoms with E-state index in [0.717, 1.165) is 30.9 Å². The molecule has 3 nitrogen and oxygen atoms in total. The molecule has 0 aliphatic heterocycles. The van der Waals surface area contributed by atoms with Gasteiger partial charge in [0, 0.05) is 12.2 Å². The highest BCUT2D eigenvalue weighted by atomic mass is 16.5. The summed E-state index contributed by atoms with van der Waals surface area (Å²) in [5, 5.41) is 8.18. The van der Waals surface area contributed by atoms with E-state index in [0.29, 0.717) is 6.61 Å². The van der Waals surface area contributed by atoms with Crippen LogP contribution < -0.4 is 0 Å². The van der Waals surface area contributed by atoms with Gasteiger partial charge in [-0.05, 0) is 12.3 Å². The summed E-state index contributed by atoms with van der Waals surface area (Å²) in [7, 11) is 0. The Kier molecular flexibility index (Phi) is 9.39. The monoisotopic (exact) mass is 223 g/mol. The molecule has 0 aromatic heterocycles. The van der Waals surface area contributed by atoms with E-state index in [-0.39, 0.29) is 0 Å². The summed E-state index contributed by atoms with van der Waals surface area (Å²) in [5.41, 5.74) is 0. The number of hydrogen-bond donors (Lipinski definition) is 0. The van der Waals surface area contributed by atoms with E-state index >= 15 is 0 Å². The number of allylic oxidation sites excluding steroid dienone is 1. The molecule has 0 saturated carbocycles. The fourth-order valence-corrected chi connectivity index (χ4v) is 1.33. The normalized spacial score (nSPS) is 10.6. The SMILES string of the molecule is CC(C)CCCCCCOC(=O)C=CC#N. The number of unbranched alkanes of at least 4 members (excludes halogenated alkanes) is 3. The van der Waals surface area contributed by atoms with Crippen molar-refractivity contribution in [3.8, 4) is 6.07 Å². The van der Waals surface area contributed by atoms with Crippen molar-refractivity contribution < 1.29 is 9.53 Å². The molecule has 16 heavy (non-hydrogen) atoms. The molecule has 0 saturated heterocycles. The highest BCUT2D eigenvalue weighted by Crippen LogP contribution is 2.09. The van der Waals surface area contributed by atoms with Crippen LogP contribution in [0.1, 0.15) is 46.0 Å². The lowest BCUT2D eigenvalue weighted by molar-refractivity contribution is -0.137. The first-order valence-corrected chi connectivity index (χ1v) is 5.89. The van der Waals surface area contributed by atoms with Gasteiger partial charge in [0.1, 0.15) is 0 Å². The third-order valence-electron chi connectivity index (χ3n) is 2.21. The molecular formula is C13H21NO2. The second-order valence-electron chi connectivity index (χ2n) is 4.23. The van der Waals surface area contributed by atoms with E-state index in [1.165, 1.54) is 19.3 Å². The van der Waals surface area contributed by atoms with Crippen molar-refractivity contribution in [2.75, 3.05) is 6.61 Å². The molecule has 0 spiro atoms. The third-order valence-corrected chi connectivity index (χ3v) is 2.21. The summed E-state index contributed by atoms with van der Waals surface area (Å²) >= 11 is 0. The molecule has 0 N–H and O–H groups in total. The molecule has 90 valence electrons. The zero-order valence-electron chi connectivity index (χ0n) is 10.2. The maximum atomic E-state index is 10.9. The van der Waals surface area contributed by atoms with E-state index in [4.69, 9.17) is 10.00 Å². The van der Waals surface area contributed by atoms with Crippen molar-refractivity contribution in [1.29, 1.82) is 5.26 Å². The number of nitrogens with zero attached hydrogens (tertiary/aromatic N) is 1. The van der Waals surface area contributed by atoms with Crippen molar-refractivity contribution in [3.63, 3.8) is 0 Å². The van der Waals surface area contributed by atoms with Crippen LogP contribution in [0.25, 0.3) is 0 Å². The lowest BCUT2D eigenvalue weighted by atomic mass is 10.0. The first kappa shape index (κ1) is 14.7. The zero-order valence-corrected chi connectivity index (χ0v) is 10.2. The van der Waals surface area contributed by atoms with Gasteiger partial charge in [-0.25, -0.2) is 4.79 Å². The van der Waals surface area contributed by atoms with Gasteiger partial charge in [-0.15, -0.1) is 0 Å². The molecule has 0 aliphatic carbocycles. The van der Waals surface area contributed by atoms with Gasteiger partial charge in [-0.2, -0.15) is 5.26 Å². The van der Waals surface area contributed by atoms with E-state index in [1.807, 2.05) is 0 Å². The molecule has 0 fully saturated rings. The Labute approximate surface area is 98.1 Å². The predicted molar refractivity (Wildman–Crippen MR) is 63.6 cm³/mol. The van der Waals surface area contributed by atoms with Crippen LogP contribution in [0.2, 0.25) is 0 Å². The summed E-state index contributed by atoms with van der Waals surface area (Å²) in [4.78, 5) is 10.9. The van der Waals surface area contributed by atoms with Gasteiger partial charge in [0.2, 0.25) is 0 Å². The number of hydrogen-bond acceptors (Lipinski definition) is 3. The highest BCUT2D eigenvalue weighted by molar-refractivity contribution is 5.82. The van der Waals surface area contributed by atoms with Crippen molar-refractivity contribution in [2.45, 2.75) is 46.0 Å². The lowest BCUT2D eigenvalue weighted by Crippen LogP contribution is -2.02. The average Bonchev–Trinajstić information content (AvgIpc) is 2.24. The van der Waals surface area contributed by atoms with Crippen LogP contribution in [-0.4, -0.2) is 12.6 Å². The number of esters is 1. The van der Waals surface area contributed by atoms with Gasteiger partial charge in [0.05, 0.1) is 12.7 Å². The molecule has 3 heteroatoms. The largest absolute Gasteiger partial charge is 0.463 e. The average molecular weight is 223 g/mol. The minimum Gasteiger partial charge on any atom is -0.463 e. The lowest BCUT2D eigenvalue weighted by Gasteiger charge is -2.04. The van der Waals surface area contributed by atoms with Gasteiger partial charge in [0.15, 0.2) is 0 Å². The second-order valence-corrected chi connectivity index (χ2v) is 4.23. The Morgan fingerprint density at radius 2 is 2.00 bits per heavy atom. The van der Waals surface area contributed by atoms with E-state index in [2.05, 4.69) is 13.8 Å². The number of ether oxygens (including phenoxy) is 1. The van der Waals surface area contributed by atoms with Gasteiger partial charge in [0.25, 0.3) is 0 Å². The smallest absolute Gasteiger partial charge is 0.331 e. The maximum absolute atomic E-state index is 10.9. The number of nitriles is 1. The molecule has 0 aliphatic rings. The number of carbonyl (C=O) groups excluding carboxylic acids is 1. The summed E-state index contributed by atoms with van der Waals surface area (Å²) in [5.74, 6) is 0.345. The van der Waals surface area contributed by atoms with Crippen LogP contribution in [0.5, 0.6) is 0 Å². The molecule has 0 radical (unpaired) electrons. The van der Waals surface area contributed by atoms with E-state index in [9.17, 15) is 4.79 Å². The van der Waals surface area contributed by atoms with Crippen LogP contribution in [0.15, 0.2) is 12.2 Å². The Balaban J connectivity index is 3.24. The fourth-order valence-electron chi connectivity index (χ4n) is 1.33. The van der Waals surface area contributed by atoms with E-state index < -0.39 is 5.97 Å². The molecule has 0 bridgehead atoms. The standard InChI is InChI=1S/C13H21NO2/c1-12(2)8-5-3-4-6-11-16-13(15)9-7-10-14/h7,9,12H,3-6,8,11H2,1-2H3. The molecule has 0 amide bonds. The van der Waals surface area contributed by atoms with Gasteiger partial charge >= 0.3 is 5.97 Å². The first-order chi connectivity index (χ1) is 7.66. The third kappa shape index (κ3) is 10.8. The second kappa shape index (κ2) is 10.2. The fraction of sp³-hybridized carbons (Fsp3) is 0.692. The Bertz CT molecular complexity index is 251. The molecular weight excluding hydrogens is 202 g/mol. The molecule has 0 rings (SSSR count). The molecule has 0 atom stereocenters. The van der Waals surface area contributed by atoms with Crippen LogP contribution in [-0.2, 0) is 9.53 Å². The van der Waals surface area contributed by atoms with Gasteiger partial charge < -0.3 is 4.74 Å². The van der Waals surface area contributed by atoms with E-state index in [1.54, 1.807) is 6.07 Å². The summed E-state index contributed by atoms with van der Waals surface area (Å²) in [6.45, 7) is 4.91. The number of rotatable bonds is 8. The molecule has 0 unspecified atom stereocenters. The molecule has 0 aromatic rings. The van der Waals surface area contributed by atoms with Crippen molar-refractivity contribution >= 4 is 5.97 Å². The van der Waals surface area contributed by atoms with Crippen LogP contribution >= 0.6 is 0 Å². The van der Waals surface area contributed by atoms with Crippen LogP contribution in [0, 0.1) is 17.2 Å². The van der Waals surface area contributed by atoms with Crippen LogP contribution in [0.4, 0.5) is 0 Å². The van der Waals surface area contributed by atoms with Crippen molar-refractivity contribution in [2.24, 2.45) is 5.92 Å². The molecule has 0 heterocycles. The minimum absolute atomic E-state index is 0.427. The Hall–Kier alpha value is -1.30. The predicted octanol–water partition coefficient (Wildman–Crippen LogP) is 3.22. The zero-order chi connectivity index (χ0) is 12.2. The number of carbonyl (C=O) groups is 1.